The van der Waals surface area contributed by atoms with Gasteiger partial charge in [-0.3, -0.25) is 29.8 Å². The smallest absolute Gasteiger partial charge is 0.305 e. The maximum atomic E-state index is 10.9. The summed E-state index contributed by atoms with van der Waals surface area (Å²) in [5.41, 5.74) is 1.03. The number of nitrogens with zero attached hydrogens (tertiary/aromatic N) is 2. The lowest BCUT2D eigenvalue weighted by Crippen LogP contribution is -2.03. The summed E-state index contributed by atoms with van der Waals surface area (Å²) in [7, 11) is 1.29. The van der Waals surface area contributed by atoms with Crippen LogP contribution in [0.1, 0.15) is 24.0 Å². The van der Waals surface area contributed by atoms with Gasteiger partial charge in [-0.25, -0.2) is 0 Å². The van der Waals surface area contributed by atoms with Crippen LogP contribution in [0.25, 0.3) is 0 Å². The molecule has 2 aromatic carbocycles. The Balaban J connectivity index is 0.000000291. The lowest BCUT2D eigenvalue weighted by Gasteiger charge is -2.01. The first-order chi connectivity index (χ1) is 13.8. The van der Waals surface area contributed by atoms with E-state index in [0.29, 0.717) is 17.5 Å². The molecule has 0 atom stereocenters. The monoisotopic (exact) mass is 404 g/mol. The van der Waals surface area contributed by atoms with Crippen molar-refractivity contribution in [2.24, 2.45) is 0 Å². The Labute approximate surface area is 166 Å². The second kappa shape index (κ2) is 11.8. The van der Waals surface area contributed by atoms with E-state index in [-0.39, 0.29) is 36.6 Å². The minimum atomic E-state index is -0.955. The molecule has 0 bridgehead atoms. The second-order valence-corrected chi connectivity index (χ2v) is 5.74. The minimum absolute atomic E-state index is 0.0197. The van der Waals surface area contributed by atoms with Gasteiger partial charge in [-0.15, -0.1) is 0 Å². The molecule has 0 radical (unpaired) electrons. The molecule has 2 rings (SSSR count). The number of aryl methyl sites for hydroxylation is 2. The van der Waals surface area contributed by atoms with Gasteiger partial charge in [0.05, 0.1) is 17.0 Å². The van der Waals surface area contributed by atoms with Gasteiger partial charge in [0.2, 0.25) is 0 Å². The van der Waals surface area contributed by atoms with Gasteiger partial charge < -0.3 is 9.84 Å². The Morgan fingerprint density at radius 3 is 1.66 bits per heavy atom. The van der Waals surface area contributed by atoms with Crippen molar-refractivity contribution in [3.63, 3.8) is 0 Å². The predicted molar refractivity (Wildman–Crippen MR) is 102 cm³/mol. The van der Waals surface area contributed by atoms with E-state index in [4.69, 9.17) is 5.11 Å². The molecule has 154 valence electrons. The number of ether oxygens (including phenoxy) is 1. The van der Waals surface area contributed by atoms with Crippen LogP contribution in [0.4, 0.5) is 11.4 Å². The first kappa shape index (κ1) is 23.2. The summed E-state index contributed by atoms with van der Waals surface area (Å²) in [5, 5.41) is 29.6. The highest BCUT2D eigenvalue weighted by Gasteiger charge is 2.14. The zero-order chi connectivity index (χ0) is 21.8. The van der Waals surface area contributed by atoms with E-state index in [1.54, 1.807) is 36.4 Å². The number of benzene rings is 2. The summed E-state index contributed by atoms with van der Waals surface area (Å²) < 4.78 is 4.46. The Morgan fingerprint density at radius 1 is 0.862 bits per heavy atom. The molecule has 0 saturated heterocycles. The van der Waals surface area contributed by atoms with E-state index in [9.17, 15) is 29.8 Å². The Hall–Kier alpha value is -3.82. The van der Waals surface area contributed by atoms with E-state index in [2.05, 4.69) is 4.74 Å². The molecule has 0 unspecified atom stereocenters. The van der Waals surface area contributed by atoms with Gasteiger partial charge in [0, 0.05) is 36.1 Å². The van der Waals surface area contributed by atoms with Crippen molar-refractivity contribution in [2.75, 3.05) is 7.11 Å². The van der Waals surface area contributed by atoms with Crippen LogP contribution in [-0.2, 0) is 27.2 Å². The first-order valence-electron chi connectivity index (χ1n) is 8.49. The summed E-state index contributed by atoms with van der Waals surface area (Å²) in [5.74, 6) is -1.32. The maximum Gasteiger partial charge on any atom is 0.305 e. The van der Waals surface area contributed by atoms with Crippen molar-refractivity contribution >= 4 is 23.3 Å². The molecule has 0 aromatic heterocycles. The molecule has 10 heteroatoms. The van der Waals surface area contributed by atoms with E-state index in [1.807, 2.05) is 0 Å². The van der Waals surface area contributed by atoms with Gasteiger partial charge >= 0.3 is 11.9 Å². The number of aliphatic carboxylic acids is 1. The average molecular weight is 404 g/mol. The van der Waals surface area contributed by atoms with Crippen LogP contribution >= 0.6 is 0 Å². The highest BCUT2D eigenvalue weighted by atomic mass is 16.6. The van der Waals surface area contributed by atoms with Crippen molar-refractivity contribution in [3.05, 3.63) is 79.9 Å². The zero-order valence-electron chi connectivity index (χ0n) is 15.6. The molecule has 10 nitrogen and oxygen atoms in total. The number of esters is 1. The highest BCUT2D eigenvalue weighted by molar-refractivity contribution is 5.69. The predicted octanol–water partition coefficient (Wildman–Crippen LogP) is 3.31. The highest BCUT2D eigenvalue weighted by Crippen LogP contribution is 2.19. The van der Waals surface area contributed by atoms with Gasteiger partial charge in [0.25, 0.3) is 11.4 Å². The lowest BCUT2D eigenvalue weighted by molar-refractivity contribution is -0.385. The van der Waals surface area contributed by atoms with Crippen LogP contribution in [0.5, 0.6) is 0 Å². The van der Waals surface area contributed by atoms with Crippen LogP contribution in [-0.4, -0.2) is 34.0 Å². The van der Waals surface area contributed by atoms with Crippen LogP contribution in [0.2, 0.25) is 0 Å². The summed E-state index contributed by atoms with van der Waals surface area (Å²) in [6.07, 6.45) is 0.572. The van der Waals surface area contributed by atoms with Crippen LogP contribution in [0, 0.1) is 20.2 Å². The van der Waals surface area contributed by atoms with Crippen molar-refractivity contribution in [1.82, 2.24) is 0 Å². The first-order valence-corrected chi connectivity index (χ1v) is 8.49. The fourth-order valence-corrected chi connectivity index (χ4v) is 2.38. The van der Waals surface area contributed by atoms with Gasteiger partial charge in [0.1, 0.15) is 0 Å². The van der Waals surface area contributed by atoms with Crippen molar-refractivity contribution in [3.8, 4) is 0 Å². The molecular formula is C19H20N2O8. The molecule has 0 amide bonds. The number of hydrogen-bond acceptors (Lipinski definition) is 7. The van der Waals surface area contributed by atoms with Gasteiger partial charge in [-0.2, -0.15) is 0 Å². The quantitative estimate of drug-likeness (QED) is 0.400. The summed E-state index contributed by atoms with van der Waals surface area (Å²) >= 11 is 0. The average Bonchev–Trinajstić information content (AvgIpc) is 2.71. The van der Waals surface area contributed by atoms with Crippen molar-refractivity contribution in [2.45, 2.75) is 25.7 Å². The number of hydrogen-bond donors (Lipinski definition) is 1. The normalized spacial score (nSPS) is 9.69. The largest absolute Gasteiger partial charge is 0.481 e. The Kier molecular flexibility index (Phi) is 9.45. The number of carboxylic acid groups (broad SMARTS) is 1. The van der Waals surface area contributed by atoms with Gasteiger partial charge in [-0.05, 0) is 12.8 Å². The number of carboxylic acids is 1. The summed E-state index contributed by atoms with van der Waals surface area (Å²) in [4.78, 5) is 41.4. The molecule has 0 aliphatic carbocycles. The number of rotatable bonds is 8. The van der Waals surface area contributed by atoms with E-state index >= 15 is 0 Å². The third-order valence-corrected chi connectivity index (χ3v) is 3.81. The number of methoxy groups -OCH3 is 1. The van der Waals surface area contributed by atoms with E-state index in [0.717, 1.165) is 0 Å². The van der Waals surface area contributed by atoms with Crippen LogP contribution in [0.3, 0.4) is 0 Å². The number of carbonyl (C=O) groups excluding carboxylic acids is 1. The fraction of sp³-hybridized carbons (Fsp3) is 0.263. The summed E-state index contributed by atoms with van der Waals surface area (Å²) in [6, 6.07) is 12.5. The molecule has 29 heavy (non-hydrogen) atoms. The number of nitro groups is 2. The third kappa shape index (κ3) is 8.16. The molecule has 1 N–H and O–H groups in total. The van der Waals surface area contributed by atoms with Gasteiger partial charge in [0.15, 0.2) is 0 Å². The SMILES string of the molecule is COC(=O)CCc1ccccc1[N+](=O)[O-].O=C(O)CCc1ccccc1[N+](=O)[O-]. The third-order valence-electron chi connectivity index (χ3n) is 3.81. The van der Waals surface area contributed by atoms with Crippen molar-refractivity contribution < 1.29 is 29.3 Å². The van der Waals surface area contributed by atoms with Gasteiger partial charge in [-0.1, -0.05) is 36.4 Å². The maximum absolute atomic E-state index is 10.9. The standard InChI is InChI=1S/C10H11NO4.C9H9NO4/c1-15-10(12)7-6-8-4-2-3-5-9(8)11(13)14;11-9(12)6-5-7-3-1-2-4-8(7)10(13)14/h2-5H,6-7H2,1H3;1-4H,5-6H2,(H,11,12). The molecular weight excluding hydrogens is 384 g/mol. The lowest BCUT2D eigenvalue weighted by atomic mass is 10.1. The molecule has 0 fully saturated rings. The zero-order valence-corrected chi connectivity index (χ0v) is 15.6. The Bertz CT molecular complexity index is 882. The topological polar surface area (TPSA) is 150 Å². The summed E-state index contributed by atoms with van der Waals surface area (Å²) in [6.45, 7) is 0. The molecule has 0 aliphatic heterocycles. The molecule has 0 heterocycles. The number of carbonyl (C=O) groups is 2. The molecule has 2 aromatic rings. The second-order valence-electron chi connectivity index (χ2n) is 5.74. The van der Waals surface area contributed by atoms with E-state index < -0.39 is 15.8 Å². The van der Waals surface area contributed by atoms with E-state index in [1.165, 1.54) is 19.2 Å². The molecule has 0 aliphatic rings. The van der Waals surface area contributed by atoms with Crippen molar-refractivity contribution in [1.29, 1.82) is 0 Å². The van der Waals surface area contributed by atoms with Crippen LogP contribution < -0.4 is 0 Å². The number of nitro benzene ring substituents is 2. The fourth-order valence-electron chi connectivity index (χ4n) is 2.38. The molecule has 0 saturated carbocycles. The Morgan fingerprint density at radius 2 is 1.28 bits per heavy atom. The number of para-hydroxylation sites is 2. The minimum Gasteiger partial charge on any atom is -0.481 e. The van der Waals surface area contributed by atoms with Crippen LogP contribution in [0.15, 0.2) is 48.5 Å². The molecule has 0 spiro atoms.